The van der Waals surface area contributed by atoms with Crippen molar-refractivity contribution in [3.8, 4) is 0 Å². The van der Waals surface area contributed by atoms with Crippen LogP contribution in [0.1, 0.15) is 17.6 Å². The average Bonchev–Trinajstić information content (AvgIpc) is 3.14. The van der Waals surface area contributed by atoms with E-state index in [9.17, 15) is 12.8 Å². The fourth-order valence-electron chi connectivity index (χ4n) is 2.74. The lowest BCUT2D eigenvalue weighted by Crippen LogP contribution is -2.29. The number of aromatic nitrogens is 3. The molecule has 2 atom stereocenters. The number of benzene rings is 1. The molecule has 0 aliphatic carbocycles. The number of nitrogens with zero attached hydrogens (tertiary/aromatic N) is 3. The van der Waals surface area contributed by atoms with Crippen LogP contribution in [0.2, 0.25) is 0 Å². The molecule has 1 fully saturated rings. The lowest BCUT2D eigenvalue weighted by Gasteiger charge is -2.16. The molecule has 2 aromatic rings. The summed E-state index contributed by atoms with van der Waals surface area (Å²) in [6, 6.07) is 8.19. The second-order valence-electron chi connectivity index (χ2n) is 5.43. The molecule has 0 radical (unpaired) electrons. The van der Waals surface area contributed by atoms with E-state index < -0.39 is 22.6 Å². The summed E-state index contributed by atoms with van der Waals surface area (Å²) in [7, 11) is -3.61. The fourth-order valence-corrected chi connectivity index (χ4v) is 4.29. The van der Waals surface area contributed by atoms with Gasteiger partial charge in [-0.2, -0.15) is 9.40 Å². The number of alkyl halides is 1. The van der Waals surface area contributed by atoms with Crippen molar-refractivity contribution in [2.75, 3.05) is 19.8 Å². The summed E-state index contributed by atoms with van der Waals surface area (Å²) in [6.45, 7) is 1.50. The molecule has 0 saturated carbocycles. The minimum atomic E-state index is -3.61. The topological polar surface area (TPSA) is 79.0 Å². The molecule has 2 heterocycles. The van der Waals surface area contributed by atoms with Gasteiger partial charge in [0.1, 0.15) is 5.82 Å². The SMILES string of the molecule is Cc1nc(C2CN(S(=O)(=O)c3ccccc3)CC2CF)n[nH]1. The zero-order valence-corrected chi connectivity index (χ0v) is 12.9. The zero-order valence-electron chi connectivity index (χ0n) is 12.1. The normalized spacial score (nSPS) is 23.0. The van der Waals surface area contributed by atoms with Crippen LogP contribution in [0.4, 0.5) is 4.39 Å². The van der Waals surface area contributed by atoms with Crippen molar-refractivity contribution in [1.29, 1.82) is 0 Å². The summed E-state index contributed by atoms with van der Waals surface area (Å²) in [4.78, 5) is 4.45. The van der Waals surface area contributed by atoms with Gasteiger partial charge in [0.15, 0.2) is 5.82 Å². The van der Waals surface area contributed by atoms with Crippen molar-refractivity contribution in [2.45, 2.75) is 17.7 Å². The van der Waals surface area contributed by atoms with E-state index in [0.29, 0.717) is 11.6 Å². The van der Waals surface area contributed by atoms with Crippen LogP contribution in [0.15, 0.2) is 35.2 Å². The summed E-state index contributed by atoms with van der Waals surface area (Å²) in [5.74, 6) is 0.366. The summed E-state index contributed by atoms with van der Waals surface area (Å²) >= 11 is 0. The van der Waals surface area contributed by atoms with Crippen LogP contribution in [0.3, 0.4) is 0 Å². The molecular formula is C14H17FN4O2S. The summed E-state index contributed by atoms with van der Waals surface area (Å²) in [5.41, 5.74) is 0. The third-order valence-corrected chi connectivity index (χ3v) is 5.78. The van der Waals surface area contributed by atoms with Crippen LogP contribution in [0.25, 0.3) is 0 Å². The Morgan fingerprint density at radius 2 is 2.05 bits per heavy atom. The molecule has 1 N–H and O–H groups in total. The molecule has 2 unspecified atom stereocenters. The number of hydrogen-bond donors (Lipinski definition) is 1. The van der Waals surface area contributed by atoms with E-state index in [1.807, 2.05) is 0 Å². The van der Waals surface area contributed by atoms with Crippen molar-refractivity contribution >= 4 is 10.0 Å². The first-order valence-electron chi connectivity index (χ1n) is 7.02. The van der Waals surface area contributed by atoms with Gasteiger partial charge in [0.05, 0.1) is 11.6 Å². The van der Waals surface area contributed by atoms with Gasteiger partial charge < -0.3 is 0 Å². The first kappa shape index (κ1) is 15.1. The number of halogens is 1. The molecule has 118 valence electrons. The molecule has 3 rings (SSSR count). The third-order valence-electron chi connectivity index (χ3n) is 3.93. The Labute approximate surface area is 128 Å². The Kier molecular flexibility index (Phi) is 3.96. The largest absolute Gasteiger partial charge is 0.263 e. The standard InChI is InChI=1S/C14H17FN4O2S/c1-10-16-14(18-17-10)13-9-19(8-11(13)7-15)22(20,21)12-5-3-2-4-6-12/h2-6,11,13H,7-9H2,1H3,(H,16,17,18). The Bertz CT molecular complexity index is 747. The van der Waals surface area contributed by atoms with Gasteiger partial charge in [-0.3, -0.25) is 9.49 Å². The highest BCUT2D eigenvalue weighted by atomic mass is 32.2. The minimum absolute atomic E-state index is 0.145. The molecule has 1 aromatic carbocycles. The van der Waals surface area contributed by atoms with Gasteiger partial charge in [-0.1, -0.05) is 18.2 Å². The van der Waals surface area contributed by atoms with Crippen molar-refractivity contribution in [1.82, 2.24) is 19.5 Å². The second-order valence-corrected chi connectivity index (χ2v) is 7.37. The molecule has 8 heteroatoms. The minimum Gasteiger partial charge on any atom is -0.263 e. The predicted octanol–water partition coefficient (Wildman–Crippen LogP) is 1.49. The number of aryl methyl sites for hydroxylation is 1. The highest BCUT2D eigenvalue weighted by Gasteiger charge is 2.41. The van der Waals surface area contributed by atoms with E-state index in [2.05, 4.69) is 15.2 Å². The summed E-state index contributed by atoms with van der Waals surface area (Å²) in [6.07, 6.45) is 0. The number of H-pyrrole nitrogens is 1. The monoisotopic (exact) mass is 324 g/mol. The van der Waals surface area contributed by atoms with Gasteiger partial charge >= 0.3 is 0 Å². The Hall–Kier alpha value is -1.80. The van der Waals surface area contributed by atoms with Crippen molar-refractivity contribution in [3.05, 3.63) is 42.0 Å². The molecule has 6 nitrogen and oxygen atoms in total. The molecule has 1 saturated heterocycles. The van der Waals surface area contributed by atoms with Crippen LogP contribution >= 0.6 is 0 Å². The van der Waals surface area contributed by atoms with Gasteiger partial charge in [-0.25, -0.2) is 13.4 Å². The van der Waals surface area contributed by atoms with Gasteiger partial charge in [-0.05, 0) is 19.1 Å². The van der Waals surface area contributed by atoms with Gasteiger partial charge in [0, 0.05) is 24.9 Å². The maximum absolute atomic E-state index is 13.3. The van der Waals surface area contributed by atoms with Crippen LogP contribution in [0, 0.1) is 12.8 Å². The summed E-state index contributed by atoms with van der Waals surface area (Å²) in [5, 5.41) is 6.78. The first-order valence-corrected chi connectivity index (χ1v) is 8.46. The fraction of sp³-hybridized carbons (Fsp3) is 0.429. The predicted molar refractivity (Wildman–Crippen MR) is 78.5 cm³/mol. The molecule has 1 aromatic heterocycles. The number of sulfonamides is 1. The lowest BCUT2D eigenvalue weighted by molar-refractivity contribution is 0.346. The van der Waals surface area contributed by atoms with Crippen LogP contribution < -0.4 is 0 Å². The zero-order chi connectivity index (χ0) is 15.7. The lowest BCUT2D eigenvalue weighted by atomic mass is 9.97. The van der Waals surface area contributed by atoms with Crippen LogP contribution in [-0.2, 0) is 10.0 Å². The molecule has 22 heavy (non-hydrogen) atoms. The highest BCUT2D eigenvalue weighted by molar-refractivity contribution is 7.89. The van der Waals surface area contributed by atoms with Crippen LogP contribution in [-0.4, -0.2) is 47.7 Å². The van der Waals surface area contributed by atoms with E-state index in [0.717, 1.165) is 0 Å². The molecule has 0 spiro atoms. The van der Waals surface area contributed by atoms with Crippen molar-refractivity contribution in [2.24, 2.45) is 5.92 Å². The smallest absolute Gasteiger partial charge is 0.243 e. The Morgan fingerprint density at radius 3 is 2.64 bits per heavy atom. The van der Waals surface area contributed by atoms with E-state index >= 15 is 0 Å². The average molecular weight is 324 g/mol. The van der Waals surface area contributed by atoms with E-state index in [4.69, 9.17) is 0 Å². The first-order chi connectivity index (χ1) is 10.5. The molecule has 1 aliphatic heterocycles. The molecular weight excluding hydrogens is 307 g/mol. The van der Waals surface area contributed by atoms with Crippen molar-refractivity contribution < 1.29 is 12.8 Å². The van der Waals surface area contributed by atoms with Gasteiger partial charge in [0.2, 0.25) is 10.0 Å². The van der Waals surface area contributed by atoms with Gasteiger partial charge in [-0.15, -0.1) is 0 Å². The highest BCUT2D eigenvalue weighted by Crippen LogP contribution is 2.34. The number of rotatable bonds is 4. The number of nitrogens with one attached hydrogen (secondary N) is 1. The Morgan fingerprint density at radius 1 is 1.32 bits per heavy atom. The number of aromatic amines is 1. The number of hydrogen-bond acceptors (Lipinski definition) is 4. The quantitative estimate of drug-likeness (QED) is 0.924. The van der Waals surface area contributed by atoms with E-state index in [-0.39, 0.29) is 23.9 Å². The molecule has 0 bridgehead atoms. The van der Waals surface area contributed by atoms with Gasteiger partial charge in [0.25, 0.3) is 0 Å². The second kappa shape index (κ2) is 5.77. The Balaban J connectivity index is 1.88. The van der Waals surface area contributed by atoms with Crippen LogP contribution in [0.5, 0.6) is 0 Å². The van der Waals surface area contributed by atoms with E-state index in [1.165, 1.54) is 4.31 Å². The molecule has 0 amide bonds. The van der Waals surface area contributed by atoms with Crippen molar-refractivity contribution in [3.63, 3.8) is 0 Å². The third kappa shape index (κ3) is 2.64. The van der Waals surface area contributed by atoms with E-state index in [1.54, 1.807) is 37.3 Å². The maximum atomic E-state index is 13.3. The maximum Gasteiger partial charge on any atom is 0.243 e. The summed E-state index contributed by atoms with van der Waals surface area (Å²) < 4.78 is 39.9. The molecule has 1 aliphatic rings.